The number of hydroxylamine groups is 2. The van der Waals surface area contributed by atoms with Crippen molar-refractivity contribution < 1.29 is 76.2 Å². The number of anilines is 1. The summed E-state index contributed by atoms with van der Waals surface area (Å²) in [6.07, 6.45) is 2.04. The third-order valence-electron chi connectivity index (χ3n) is 14.9. The molecular weight excluding hydrogens is 1720 g/mol. The molecule has 24 nitrogen and oxygen atoms in total. The number of nitrogens with zero attached hydrogens (tertiary/aromatic N) is 3. The van der Waals surface area contributed by atoms with Gasteiger partial charge in [-0.15, -0.1) is 0 Å². The van der Waals surface area contributed by atoms with Gasteiger partial charge in [-0.1, -0.05) is 87.3 Å². The molecule has 3 heterocycles. The predicted molar refractivity (Wildman–Crippen MR) is 338 cm³/mol. The number of aromatic amines is 1. The maximum atomic E-state index is 13.3. The zero-order chi connectivity index (χ0) is 63.6. The normalized spacial score (nSPS) is 13.0. The molecule has 29 heteroatoms. The number of hydrogen-bond acceptors (Lipinski definition) is 20. The summed E-state index contributed by atoms with van der Waals surface area (Å²) in [5, 5.41) is 13.9. The number of aromatic nitrogens is 2. The number of pyridine rings is 1. The largest absolute Gasteiger partial charge is 0.534 e. The summed E-state index contributed by atoms with van der Waals surface area (Å²) in [5.41, 5.74) is 15.7. The van der Waals surface area contributed by atoms with E-state index in [4.69, 9.17) is 44.3 Å². The fourth-order valence-corrected chi connectivity index (χ4v) is 13.2. The van der Waals surface area contributed by atoms with Gasteiger partial charge in [-0.05, 0) is 140 Å². The Morgan fingerprint density at radius 3 is 2.24 bits per heavy atom. The van der Waals surface area contributed by atoms with Crippen LogP contribution < -0.4 is 26.4 Å². The first kappa shape index (κ1) is 70.3. The molecule has 9 rings (SSSR count). The standard InChI is InChI=1S/C37H40N3O15PS2.C25H33N5O.2Fm/c1-50-34(43)21-51-16-14-24-18-23(19-53-37(46)55-40-32(41)12-13-33(40)42)10-11-31(24)58-57-22-30(35(44)38-15-17-54-56(47,48)49)39-36(45)52-20-29-27-8-4-2-6-25(27)26-7-3-5-9-28(26)29;1-16-19-9-12-28-25(27-11-6-14-30(3)13-5-10-26)23(19)17(2)22-20-15-18(31-4)7-8-21(20)29-24(16)22;;/h2-11,18,29-30H,12-17,19-22H2,1H3,(H,38,44)(H,39,45)(H2,47,48,49);7-9,12,15,29H,5-6,10-11,13-14,26H2,1-4H3,(H,27,28);;. The smallest absolute Gasteiger partial charge is 0.497 e. The molecule has 1 aliphatic heterocycles. The van der Waals surface area contributed by atoms with Crippen molar-refractivity contribution >= 4 is 104 Å². The van der Waals surface area contributed by atoms with Crippen LogP contribution in [-0.2, 0) is 65.1 Å². The van der Waals surface area contributed by atoms with Crippen LogP contribution in [0.5, 0.6) is 5.75 Å². The van der Waals surface area contributed by atoms with Crippen LogP contribution in [0.3, 0.4) is 0 Å². The Labute approximate surface area is 522 Å². The van der Waals surface area contributed by atoms with Gasteiger partial charge in [0.1, 0.15) is 37.4 Å². The van der Waals surface area contributed by atoms with Gasteiger partial charge in [0, 0.05) is 70.4 Å². The topological polar surface area (TPSA) is 322 Å². The third-order valence-corrected chi connectivity index (χ3v) is 17.8. The van der Waals surface area contributed by atoms with Gasteiger partial charge < -0.3 is 65.0 Å². The van der Waals surface area contributed by atoms with Gasteiger partial charge in [0.15, 0.2) is 0 Å². The summed E-state index contributed by atoms with van der Waals surface area (Å²) in [7, 11) is 2.77. The molecule has 1 fully saturated rings. The Morgan fingerprint density at radius 2 is 1.56 bits per heavy atom. The quantitative estimate of drug-likeness (QED) is 0.00576. The molecule has 498 valence electrons. The van der Waals surface area contributed by atoms with Gasteiger partial charge in [0.2, 0.25) is 5.91 Å². The van der Waals surface area contributed by atoms with Crippen molar-refractivity contribution in [2.24, 2.45) is 5.73 Å². The number of amides is 4. The summed E-state index contributed by atoms with van der Waals surface area (Å²) in [6, 6.07) is 27.9. The molecule has 1 saturated heterocycles. The molecular formula is C62H73Fm2N8O16PS2. The number of H-pyrrole nitrogens is 1. The van der Waals surface area contributed by atoms with Crippen LogP contribution in [0.1, 0.15) is 65.0 Å². The van der Waals surface area contributed by atoms with Crippen LogP contribution in [0.15, 0.2) is 102 Å². The van der Waals surface area contributed by atoms with E-state index in [1.54, 1.807) is 25.3 Å². The van der Waals surface area contributed by atoms with Crippen molar-refractivity contribution in [2.75, 3.05) is 91.5 Å². The molecule has 0 radical (unpaired) electrons. The number of nitrogens with one attached hydrogen (secondary N) is 4. The fraction of sp³-hybridized carbons (Fsp3) is 0.371. The number of esters is 1. The first-order valence-corrected chi connectivity index (χ1v) is 32.6. The Morgan fingerprint density at radius 1 is 0.857 bits per heavy atom. The van der Waals surface area contributed by atoms with E-state index in [0.29, 0.717) is 21.1 Å². The number of carbonyl (C=O) groups excluding carboxylic acids is 6. The summed E-state index contributed by atoms with van der Waals surface area (Å²) in [6.45, 7) is 6.89. The first-order chi connectivity index (χ1) is 42.9. The molecule has 1 atom stereocenters. The Bertz CT molecular complexity index is 3690. The number of hydrogen-bond donors (Lipinski definition) is 7. The van der Waals surface area contributed by atoms with Gasteiger partial charge in [-0.3, -0.25) is 23.7 Å². The van der Waals surface area contributed by atoms with Crippen LogP contribution in [0.2, 0.25) is 0 Å². The molecule has 0 saturated carbocycles. The Kier molecular flexibility index (Phi) is 25.6. The monoisotopic (exact) mass is 1790 g/mol. The third kappa shape index (κ3) is 18.4. The number of nitrogens with two attached hydrogens (primary N) is 1. The number of methoxy groups -OCH3 is 2. The number of benzene rings is 5. The van der Waals surface area contributed by atoms with Crippen LogP contribution in [0.4, 0.5) is 15.4 Å². The van der Waals surface area contributed by atoms with E-state index < -0.39 is 56.4 Å². The van der Waals surface area contributed by atoms with E-state index in [-0.39, 0.29) is 63.9 Å². The minimum absolute atomic E-state index is 0. The molecule has 0 bridgehead atoms. The number of ether oxygens (including phenoxy) is 5. The Balaban J connectivity index is 0.000000335. The minimum atomic E-state index is -4.77. The second-order valence-corrected chi connectivity index (χ2v) is 24.5. The number of fused-ring (bicyclic) bond motifs is 7. The molecule has 5 aromatic carbocycles. The molecule has 1 aliphatic carbocycles. The van der Waals surface area contributed by atoms with Crippen molar-refractivity contribution in [1.82, 2.24) is 30.6 Å². The van der Waals surface area contributed by atoms with Crippen LogP contribution in [-0.4, -0.2) is 158 Å². The van der Waals surface area contributed by atoms with E-state index in [0.717, 1.165) is 78.4 Å². The van der Waals surface area contributed by atoms with Gasteiger partial charge in [-0.25, -0.2) is 23.9 Å². The minimum Gasteiger partial charge on any atom is -0.497 e. The van der Waals surface area contributed by atoms with Crippen molar-refractivity contribution in [1.29, 1.82) is 0 Å². The summed E-state index contributed by atoms with van der Waals surface area (Å²) in [5.74, 6) is -0.938. The molecule has 91 heavy (non-hydrogen) atoms. The predicted octanol–water partition coefficient (Wildman–Crippen LogP) is 8.59. The second-order valence-electron chi connectivity index (χ2n) is 20.9. The van der Waals surface area contributed by atoms with E-state index in [1.807, 2.05) is 60.8 Å². The summed E-state index contributed by atoms with van der Waals surface area (Å²) < 4.78 is 41.8. The zero-order valence-corrected chi connectivity index (χ0v) is 57.9. The SMILES string of the molecule is COC(=O)COCCc1cc(COC(=O)ON2C(=O)CCC2=O)ccc1SSCC(NC(=O)OCC1c2ccccc2-c2ccccc21)C(=O)NCCOP(=O)(O)O.COc1ccc2[nH]c3c(C)c4ccnc(NCCCN(C)CCCN)c4c(C)c3c2c1.[Fm].[Fm]. The van der Waals surface area contributed by atoms with Crippen molar-refractivity contribution in [3.63, 3.8) is 0 Å². The zero-order valence-electron chi connectivity index (χ0n) is 50.6. The maximum Gasteiger partial charge on any atom is 0.534 e. The van der Waals surface area contributed by atoms with Gasteiger partial charge in [0.05, 0.1) is 33.0 Å². The van der Waals surface area contributed by atoms with Crippen LogP contribution in [0.25, 0.3) is 43.7 Å². The van der Waals surface area contributed by atoms with Crippen molar-refractivity contribution in [2.45, 2.75) is 69.4 Å². The maximum absolute atomic E-state index is 13.3. The van der Waals surface area contributed by atoms with Crippen LogP contribution in [0, 0.1) is 13.8 Å². The number of rotatable bonds is 29. The van der Waals surface area contributed by atoms with Gasteiger partial charge >= 0.3 is 26.0 Å². The number of phosphoric acid groups is 1. The number of aryl methyl sites for hydroxylation is 2. The van der Waals surface area contributed by atoms with E-state index >= 15 is 0 Å². The molecule has 7 aromatic rings. The molecule has 0 spiro atoms. The number of imide groups is 1. The number of phosphoric ester groups is 1. The molecule has 4 amide bonds. The van der Waals surface area contributed by atoms with Crippen molar-refractivity contribution in [3.8, 4) is 16.9 Å². The van der Waals surface area contributed by atoms with Gasteiger partial charge in [0.25, 0.3) is 11.8 Å². The molecule has 2 aromatic heterocycles. The first-order valence-electron chi connectivity index (χ1n) is 28.7. The van der Waals surface area contributed by atoms with E-state index in [9.17, 15) is 33.3 Å². The molecule has 1 unspecified atom stereocenters. The van der Waals surface area contributed by atoms with E-state index in [2.05, 4.69) is 74.2 Å². The van der Waals surface area contributed by atoms with Crippen LogP contribution >= 0.6 is 29.4 Å². The Hall–Kier alpha value is -9.78. The van der Waals surface area contributed by atoms with E-state index in [1.165, 1.54) is 66.9 Å². The summed E-state index contributed by atoms with van der Waals surface area (Å²) in [4.78, 5) is 108. The number of carbonyl (C=O) groups is 6. The summed E-state index contributed by atoms with van der Waals surface area (Å²) >= 11 is 0. The average molecular weight is 1800 g/mol. The van der Waals surface area contributed by atoms with Crippen molar-refractivity contribution in [3.05, 3.63) is 131 Å². The molecule has 8 N–H and O–H groups in total. The van der Waals surface area contributed by atoms with Gasteiger partial charge in [-0.2, -0.15) is 0 Å². The second kappa shape index (κ2) is 33.2. The molecule has 2 aliphatic rings. The fourth-order valence-electron chi connectivity index (χ4n) is 10.4. The number of alkyl carbamates (subject to hydrolysis) is 1. The average Bonchev–Trinajstić information content (AvgIpc) is 1.66.